The van der Waals surface area contributed by atoms with E-state index in [2.05, 4.69) is 19.0 Å². The number of hydrogen-bond acceptors (Lipinski definition) is 3. The van der Waals surface area contributed by atoms with Gasteiger partial charge in [0, 0.05) is 19.1 Å². The normalized spacial score (nSPS) is 19.3. The van der Waals surface area contributed by atoms with Gasteiger partial charge in [0.25, 0.3) is 0 Å². The summed E-state index contributed by atoms with van der Waals surface area (Å²) in [7, 11) is 4.18. The Morgan fingerprint density at radius 3 is 2.17 bits per heavy atom. The lowest BCUT2D eigenvalue weighted by Crippen LogP contribution is -2.49. The summed E-state index contributed by atoms with van der Waals surface area (Å²) >= 11 is 5.03. The topological polar surface area (TPSA) is 49.6 Å². The molecule has 1 atom stereocenters. The van der Waals surface area contributed by atoms with Crippen LogP contribution in [0.15, 0.2) is 0 Å². The second-order valence-corrected chi connectivity index (χ2v) is 6.12. The van der Waals surface area contributed by atoms with Crippen LogP contribution in [0.25, 0.3) is 0 Å². The lowest BCUT2D eigenvalue weighted by Gasteiger charge is -2.37. The highest BCUT2D eigenvalue weighted by molar-refractivity contribution is 7.80. The van der Waals surface area contributed by atoms with Crippen molar-refractivity contribution in [1.82, 2.24) is 9.80 Å². The van der Waals surface area contributed by atoms with Gasteiger partial charge in [-0.1, -0.05) is 26.1 Å². The van der Waals surface area contributed by atoms with Crippen LogP contribution in [0.4, 0.5) is 0 Å². The molecule has 4 nitrogen and oxygen atoms in total. The minimum absolute atomic E-state index is 0.106. The van der Waals surface area contributed by atoms with E-state index in [-0.39, 0.29) is 17.7 Å². The largest absolute Gasteiger partial charge is 0.393 e. The van der Waals surface area contributed by atoms with Crippen molar-refractivity contribution in [3.63, 3.8) is 0 Å². The number of piperidine rings is 1. The second-order valence-electron chi connectivity index (χ2n) is 5.64. The zero-order chi connectivity index (χ0) is 13.9. The first-order valence-corrected chi connectivity index (χ1v) is 7.00. The maximum Gasteiger partial charge on any atom is 0.232 e. The molecule has 0 radical (unpaired) electrons. The highest BCUT2D eigenvalue weighted by atomic mass is 32.1. The molecule has 5 heteroatoms. The molecule has 1 aliphatic rings. The predicted octanol–water partition coefficient (Wildman–Crippen LogP) is 1.10. The molecule has 1 aliphatic heterocycles. The Morgan fingerprint density at radius 2 is 1.83 bits per heavy atom. The maximum absolute atomic E-state index is 12.4. The Balaban J connectivity index is 2.61. The molecule has 0 aliphatic carbocycles. The van der Waals surface area contributed by atoms with E-state index >= 15 is 0 Å². The van der Waals surface area contributed by atoms with Gasteiger partial charge in [0.15, 0.2) is 0 Å². The summed E-state index contributed by atoms with van der Waals surface area (Å²) in [5, 5.41) is 0. The fourth-order valence-electron chi connectivity index (χ4n) is 2.53. The van der Waals surface area contributed by atoms with E-state index < -0.39 is 0 Å². The maximum atomic E-state index is 12.4. The van der Waals surface area contributed by atoms with E-state index in [1.54, 1.807) is 0 Å². The van der Waals surface area contributed by atoms with Gasteiger partial charge in [0.05, 0.1) is 10.9 Å². The minimum atomic E-state index is -0.309. The molecular weight excluding hydrogens is 246 g/mol. The van der Waals surface area contributed by atoms with Crippen LogP contribution in [0.2, 0.25) is 0 Å². The van der Waals surface area contributed by atoms with Gasteiger partial charge in [0.2, 0.25) is 5.91 Å². The molecular formula is C13H25N3OS. The number of likely N-dealkylation sites (tertiary alicyclic amines) is 1. The van der Waals surface area contributed by atoms with Gasteiger partial charge in [0.1, 0.15) is 0 Å². The zero-order valence-corrected chi connectivity index (χ0v) is 12.7. The molecule has 0 aromatic carbocycles. The first kappa shape index (κ1) is 15.4. The predicted molar refractivity (Wildman–Crippen MR) is 78.4 cm³/mol. The van der Waals surface area contributed by atoms with Crippen LogP contribution < -0.4 is 5.73 Å². The summed E-state index contributed by atoms with van der Waals surface area (Å²) in [4.78, 5) is 16.9. The van der Waals surface area contributed by atoms with Crippen LogP contribution in [0.1, 0.15) is 26.7 Å². The van der Waals surface area contributed by atoms with E-state index in [9.17, 15) is 4.79 Å². The van der Waals surface area contributed by atoms with E-state index in [0.29, 0.717) is 11.0 Å². The zero-order valence-electron chi connectivity index (χ0n) is 11.8. The van der Waals surface area contributed by atoms with E-state index in [1.165, 1.54) is 0 Å². The molecule has 1 saturated heterocycles. The third-order valence-corrected chi connectivity index (χ3v) is 4.00. The number of carbonyl (C=O) groups is 1. The van der Waals surface area contributed by atoms with Crippen LogP contribution in [0.5, 0.6) is 0 Å². The third-order valence-electron chi connectivity index (χ3n) is 3.75. The Morgan fingerprint density at radius 1 is 1.33 bits per heavy atom. The van der Waals surface area contributed by atoms with Gasteiger partial charge in [-0.05, 0) is 32.9 Å². The molecule has 18 heavy (non-hydrogen) atoms. The third kappa shape index (κ3) is 3.65. The van der Waals surface area contributed by atoms with Crippen LogP contribution in [-0.4, -0.2) is 53.9 Å². The molecule has 1 amide bonds. The van der Waals surface area contributed by atoms with Gasteiger partial charge in [-0.25, -0.2) is 0 Å². The Kier molecular flexibility index (Phi) is 5.53. The summed E-state index contributed by atoms with van der Waals surface area (Å²) in [5.41, 5.74) is 5.70. The van der Waals surface area contributed by atoms with Gasteiger partial charge in [-0.2, -0.15) is 0 Å². The summed E-state index contributed by atoms with van der Waals surface area (Å²) in [6, 6.07) is 0.580. The molecule has 2 N–H and O–H groups in total. The number of nitrogens with two attached hydrogens (primary N) is 1. The molecule has 0 spiro atoms. The summed E-state index contributed by atoms with van der Waals surface area (Å²) < 4.78 is 0. The molecule has 0 bridgehead atoms. The fraction of sp³-hybridized carbons (Fsp3) is 0.846. The van der Waals surface area contributed by atoms with Crippen LogP contribution in [-0.2, 0) is 4.79 Å². The number of rotatable bonds is 4. The van der Waals surface area contributed by atoms with Crippen molar-refractivity contribution in [2.75, 3.05) is 27.2 Å². The number of carbonyl (C=O) groups excluding carboxylic acids is 1. The second kappa shape index (κ2) is 6.48. The molecule has 1 rings (SSSR count). The van der Waals surface area contributed by atoms with Crippen molar-refractivity contribution in [1.29, 1.82) is 0 Å². The lowest BCUT2D eigenvalue weighted by atomic mass is 9.93. The lowest BCUT2D eigenvalue weighted by molar-refractivity contribution is -0.135. The Bertz CT molecular complexity index is 309. The molecule has 1 unspecified atom stereocenters. The summed E-state index contributed by atoms with van der Waals surface area (Å²) in [5.74, 6) is -0.0350. The van der Waals surface area contributed by atoms with Crippen molar-refractivity contribution in [2.45, 2.75) is 32.7 Å². The number of nitrogens with zero attached hydrogens (tertiary/aromatic N) is 2. The van der Waals surface area contributed by atoms with Crippen LogP contribution in [0.3, 0.4) is 0 Å². The molecule has 1 fully saturated rings. The van der Waals surface area contributed by atoms with Gasteiger partial charge in [-0.15, -0.1) is 0 Å². The average Bonchev–Trinajstić information content (AvgIpc) is 2.28. The van der Waals surface area contributed by atoms with Crippen molar-refractivity contribution in [2.24, 2.45) is 17.6 Å². The summed E-state index contributed by atoms with van der Waals surface area (Å²) in [6.07, 6.45) is 2.06. The van der Waals surface area contributed by atoms with Crippen LogP contribution >= 0.6 is 12.2 Å². The highest BCUT2D eigenvalue weighted by Gasteiger charge is 2.32. The van der Waals surface area contributed by atoms with E-state index in [1.807, 2.05) is 18.7 Å². The molecule has 104 valence electrons. The van der Waals surface area contributed by atoms with E-state index in [0.717, 1.165) is 25.9 Å². The molecule has 0 saturated carbocycles. The van der Waals surface area contributed by atoms with Crippen molar-refractivity contribution >= 4 is 23.1 Å². The van der Waals surface area contributed by atoms with Crippen molar-refractivity contribution < 1.29 is 4.79 Å². The first-order valence-electron chi connectivity index (χ1n) is 6.59. The highest BCUT2D eigenvalue weighted by Crippen LogP contribution is 2.20. The van der Waals surface area contributed by atoms with Crippen molar-refractivity contribution in [3.8, 4) is 0 Å². The number of thiocarbonyl (C=S) groups is 1. The minimum Gasteiger partial charge on any atom is -0.393 e. The van der Waals surface area contributed by atoms with Gasteiger partial charge < -0.3 is 15.5 Å². The fourth-order valence-corrected chi connectivity index (χ4v) is 2.91. The first-order chi connectivity index (χ1) is 8.34. The SMILES string of the molecule is CC(C)C(C(=O)N1CCC(N(C)C)CC1)C(N)=S. The van der Waals surface area contributed by atoms with Crippen molar-refractivity contribution in [3.05, 3.63) is 0 Å². The molecule has 1 heterocycles. The number of hydrogen-bond donors (Lipinski definition) is 1. The van der Waals surface area contributed by atoms with Gasteiger partial charge in [-0.3, -0.25) is 4.79 Å². The summed E-state index contributed by atoms with van der Waals surface area (Å²) in [6.45, 7) is 5.61. The smallest absolute Gasteiger partial charge is 0.232 e. The quantitative estimate of drug-likeness (QED) is 0.778. The van der Waals surface area contributed by atoms with Crippen LogP contribution in [0, 0.1) is 11.8 Å². The molecule has 0 aromatic heterocycles. The Hall–Kier alpha value is -0.680. The standard InChI is InChI=1S/C13H25N3OS/c1-9(2)11(12(14)18)13(17)16-7-5-10(6-8-16)15(3)4/h9-11H,5-8H2,1-4H3,(H2,14,18). The average molecular weight is 271 g/mol. The monoisotopic (exact) mass is 271 g/mol. The Labute approximate surface area is 115 Å². The number of amides is 1. The van der Waals surface area contributed by atoms with Gasteiger partial charge >= 0.3 is 0 Å². The van der Waals surface area contributed by atoms with E-state index in [4.69, 9.17) is 18.0 Å². The molecule has 0 aromatic rings.